The maximum Gasteiger partial charge on any atom is 0.244 e. The number of benzene rings is 1. The first-order valence-corrected chi connectivity index (χ1v) is 9.50. The first-order valence-electron chi connectivity index (χ1n) is 6.45. The average Bonchev–Trinajstić information content (AvgIpc) is 2.79. The van der Waals surface area contributed by atoms with E-state index in [0.717, 1.165) is 14.2 Å². The van der Waals surface area contributed by atoms with E-state index in [2.05, 4.69) is 15.9 Å². The fourth-order valence-electron chi connectivity index (χ4n) is 2.04. The molecule has 0 radical (unpaired) electrons. The minimum absolute atomic E-state index is 0. The molecule has 0 aliphatic heterocycles. The fraction of sp³-hybridized carbons (Fsp3) is 0.286. The average molecular weight is 426 g/mol. The number of sulfonamides is 1. The number of halogens is 2. The van der Waals surface area contributed by atoms with Gasteiger partial charge in [-0.15, -0.1) is 23.7 Å². The summed E-state index contributed by atoms with van der Waals surface area (Å²) in [6, 6.07) is 11.2. The highest BCUT2D eigenvalue weighted by molar-refractivity contribution is 9.11. The minimum Gasteiger partial charge on any atom is -0.329 e. The lowest BCUT2D eigenvalue weighted by molar-refractivity contribution is 0.414. The van der Waals surface area contributed by atoms with E-state index in [-0.39, 0.29) is 19.0 Å². The van der Waals surface area contributed by atoms with Gasteiger partial charge in [0.15, 0.2) is 0 Å². The summed E-state index contributed by atoms with van der Waals surface area (Å²) in [6.07, 6.45) is 0. The Hall–Kier alpha value is -0.440. The molecule has 0 atom stereocenters. The molecule has 122 valence electrons. The summed E-state index contributed by atoms with van der Waals surface area (Å²) in [7, 11) is -3.54. The van der Waals surface area contributed by atoms with Gasteiger partial charge in [0.05, 0.1) is 8.68 Å². The smallest absolute Gasteiger partial charge is 0.244 e. The number of nitrogens with two attached hydrogens (primary N) is 1. The number of rotatable bonds is 6. The van der Waals surface area contributed by atoms with Crippen molar-refractivity contribution >= 4 is 49.7 Å². The second-order valence-electron chi connectivity index (χ2n) is 4.58. The molecule has 1 aromatic carbocycles. The largest absolute Gasteiger partial charge is 0.329 e. The van der Waals surface area contributed by atoms with Crippen LogP contribution in [0.25, 0.3) is 0 Å². The normalized spacial score (nSPS) is 11.5. The van der Waals surface area contributed by atoms with E-state index in [9.17, 15) is 8.42 Å². The molecule has 0 amide bonds. The van der Waals surface area contributed by atoms with Crippen LogP contribution in [0.1, 0.15) is 10.4 Å². The van der Waals surface area contributed by atoms with Crippen LogP contribution in [0.5, 0.6) is 0 Å². The van der Waals surface area contributed by atoms with Gasteiger partial charge in [-0.3, -0.25) is 0 Å². The van der Waals surface area contributed by atoms with Gasteiger partial charge in [0.2, 0.25) is 10.0 Å². The molecule has 2 aromatic rings. The van der Waals surface area contributed by atoms with Crippen molar-refractivity contribution < 1.29 is 8.42 Å². The maximum absolute atomic E-state index is 12.8. The molecular formula is C14H18BrClN2O2S2. The van der Waals surface area contributed by atoms with E-state index in [0.29, 0.717) is 18.0 Å². The van der Waals surface area contributed by atoms with Crippen molar-refractivity contribution in [3.05, 3.63) is 50.6 Å². The lowest BCUT2D eigenvalue weighted by Crippen LogP contribution is -2.35. The molecule has 22 heavy (non-hydrogen) atoms. The van der Waals surface area contributed by atoms with Crippen LogP contribution in [-0.4, -0.2) is 25.8 Å². The third kappa shape index (κ3) is 4.53. The van der Waals surface area contributed by atoms with Crippen LogP contribution in [0.3, 0.4) is 0 Å². The number of nitrogens with zero attached hydrogens (tertiary/aromatic N) is 1. The highest BCUT2D eigenvalue weighted by Gasteiger charge is 2.27. The van der Waals surface area contributed by atoms with Gasteiger partial charge in [-0.05, 0) is 34.5 Å². The SMILES string of the molecule is Cc1sc(Br)cc1S(=O)(=O)N(CCN)Cc1ccccc1.Cl. The first-order chi connectivity index (χ1) is 9.95. The predicted octanol–water partition coefficient (Wildman–Crippen LogP) is 3.39. The number of hydrogen-bond acceptors (Lipinski definition) is 4. The van der Waals surface area contributed by atoms with Gasteiger partial charge in [-0.2, -0.15) is 4.31 Å². The van der Waals surface area contributed by atoms with Crippen LogP contribution in [0.15, 0.2) is 45.1 Å². The molecule has 2 N–H and O–H groups in total. The molecule has 0 spiro atoms. The summed E-state index contributed by atoms with van der Waals surface area (Å²) >= 11 is 4.76. The van der Waals surface area contributed by atoms with Gasteiger partial charge >= 0.3 is 0 Å². The van der Waals surface area contributed by atoms with Crippen molar-refractivity contribution in [3.63, 3.8) is 0 Å². The van der Waals surface area contributed by atoms with Gasteiger partial charge in [0, 0.05) is 24.5 Å². The lowest BCUT2D eigenvalue weighted by Gasteiger charge is -2.21. The monoisotopic (exact) mass is 424 g/mol. The van der Waals surface area contributed by atoms with Gasteiger partial charge in [-0.1, -0.05) is 30.3 Å². The number of hydrogen-bond donors (Lipinski definition) is 1. The van der Waals surface area contributed by atoms with Crippen LogP contribution in [0.2, 0.25) is 0 Å². The third-order valence-electron chi connectivity index (χ3n) is 3.04. The molecule has 0 fully saturated rings. The molecule has 1 heterocycles. The van der Waals surface area contributed by atoms with Crippen molar-refractivity contribution in [1.82, 2.24) is 4.31 Å². The van der Waals surface area contributed by atoms with Crippen LogP contribution in [0, 0.1) is 6.92 Å². The maximum atomic E-state index is 12.8. The minimum atomic E-state index is -3.54. The Morgan fingerprint density at radius 3 is 2.41 bits per heavy atom. The van der Waals surface area contributed by atoms with Crippen molar-refractivity contribution in [2.45, 2.75) is 18.4 Å². The summed E-state index contributed by atoms with van der Waals surface area (Å²) in [5.74, 6) is 0. The topological polar surface area (TPSA) is 63.4 Å². The Labute approximate surface area is 149 Å². The van der Waals surface area contributed by atoms with Crippen molar-refractivity contribution in [1.29, 1.82) is 0 Å². The Morgan fingerprint density at radius 2 is 1.91 bits per heavy atom. The molecule has 8 heteroatoms. The quantitative estimate of drug-likeness (QED) is 0.771. The Bertz CT molecular complexity index is 705. The van der Waals surface area contributed by atoms with E-state index in [1.165, 1.54) is 15.6 Å². The molecule has 2 rings (SSSR count). The Morgan fingerprint density at radius 1 is 1.27 bits per heavy atom. The van der Waals surface area contributed by atoms with Gasteiger partial charge < -0.3 is 5.73 Å². The summed E-state index contributed by atoms with van der Waals surface area (Å²) in [5.41, 5.74) is 6.53. The number of aryl methyl sites for hydroxylation is 1. The fourth-order valence-corrected chi connectivity index (χ4v) is 5.87. The highest BCUT2D eigenvalue weighted by atomic mass is 79.9. The standard InChI is InChI=1S/C14H17BrN2O2S2.ClH/c1-11-13(9-14(15)20-11)21(18,19)17(8-7-16)10-12-5-3-2-4-6-12;/h2-6,9H,7-8,10,16H2,1H3;1H. The summed E-state index contributed by atoms with van der Waals surface area (Å²) in [4.78, 5) is 1.13. The summed E-state index contributed by atoms with van der Waals surface area (Å²) in [5, 5.41) is 0. The Kier molecular flexibility index (Phi) is 7.51. The van der Waals surface area contributed by atoms with E-state index in [4.69, 9.17) is 5.73 Å². The second kappa shape index (κ2) is 8.42. The zero-order valence-corrected chi connectivity index (χ0v) is 16.1. The third-order valence-corrected chi connectivity index (χ3v) is 6.69. The van der Waals surface area contributed by atoms with Crippen molar-refractivity contribution in [2.24, 2.45) is 5.73 Å². The first kappa shape index (κ1) is 19.6. The number of thiophene rings is 1. The van der Waals surface area contributed by atoms with Gasteiger partial charge in [0.25, 0.3) is 0 Å². The van der Waals surface area contributed by atoms with Crippen molar-refractivity contribution in [3.8, 4) is 0 Å². The highest BCUT2D eigenvalue weighted by Crippen LogP contribution is 2.31. The molecule has 0 saturated heterocycles. The van der Waals surface area contributed by atoms with Gasteiger partial charge in [0.1, 0.15) is 0 Å². The zero-order valence-electron chi connectivity index (χ0n) is 12.0. The molecule has 1 aromatic heterocycles. The van der Waals surface area contributed by atoms with E-state index in [1.807, 2.05) is 37.3 Å². The molecule has 0 saturated carbocycles. The summed E-state index contributed by atoms with van der Waals surface area (Å²) < 4.78 is 27.9. The Balaban J connectivity index is 0.00000242. The second-order valence-corrected chi connectivity index (χ2v) is 9.13. The van der Waals surface area contributed by atoms with E-state index in [1.54, 1.807) is 6.07 Å². The molecule has 4 nitrogen and oxygen atoms in total. The zero-order chi connectivity index (χ0) is 15.5. The van der Waals surface area contributed by atoms with Crippen LogP contribution < -0.4 is 5.73 Å². The molecule has 0 aliphatic rings. The molecule has 0 unspecified atom stereocenters. The van der Waals surface area contributed by atoms with Gasteiger partial charge in [-0.25, -0.2) is 8.42 Å². The van der Waals surface area contributed by atoms with Crippen molar-refractivity contribution in [2.75, 3.05) is 13.1 Å². The van der Waals surface area contributed by atoms with Crippen LogP contribution in [-0.2, 0) is 16.6 Å². The van der Waals surface area contributed by atoms with Crippen LogP contribution in [0.4, 0.5) is 0 Å². The predicted molar refractivity (Wildman–Crippen MR) is 97.1 cm³/mol. The summed E-state index contributed by atoms with van der Waals surface area (Å²) in [6.45, 7) is 2.72. The molecular weight excluding hydrogens is 408 g/mol. The van der Waals surface area contributed by atoms with E-state index < -0.39 is 10.0 Å². The van der Waals surface area contributed by atoms with E-state index >= 15 is 0 Å². The molecule has 0 bridgehead atoms. The lowest BCUT2D eigenvalue weighted by atomic mass is 10.2. The molecule has 0 aliphatic carbocycles. The van der Waals surface area contributed by atoms with Crippen LogP contribution >= 0.6 is 39.7 Å².